The maximum absolute atomic E-state index is 12.6. The second-order valence-electron chi connectivity index (χ2n) is 6.87. The lowest BCUT2D eigenvalue weighted by atomic mass is 10.1. The van der Waals surface area contributed by atoms with Crippen LogP contribution in [0, 0.1) is 11.3 Å². The summed E-state index contributed by atoms with van der Waals surface area (Å²) in [5.41, 5.74) is 9.90. The van der Waals surface area contributed by atoms with Crippen LogP contribution in [0.4, 0.5) is 16.6 Å². The number of hydrogen-bond donors (Lipinski definition) is 2. The number of nitrogens with two attached hydrogens (primary N) is 1. The van der Waals surface area contributed by atoms with Crippen LogP contribution in [0.25, 0.3) is 10.3 Å². The summed E-state index contributed by atoms with van der Waals surface area (Å²) < 4.78 is 0. The quantitative estimate of drug-likeness (QED) is 0.679. The average Bonchev–Trinajstić information content (AvgIpc) is 3.20. The maximum atomic E-state index is 12.6. The molecule has 1 saturated heterocycles. The molecule has 2 aromatic heterocycles. The highest BCUT2D eigenvalue weighted by Crippen LogP contribution is 2.28. The number of piperazine rings is 1. The van der Waals surface area contributed by atoms with Crippen molar-refractivity contribution < 1.29 is 4.79 Å². The summed E-state index contributed by atoms with van der Waals surface area (Å²) in [5, 5.41) is 11.8. The highest BCUT2D eigenvalue weighted by molar-refractivity contribution is 7.16. The van der Waals surface area contributed by atoms with Gasteiger partial charge in [-0.2, -0.15) is 10.2 Å². The predicted octanol–water partition coefficient (Wildman–Crippen LogP) is 1.96. The Kier molecular flexibility index (Phi) is 5.14. The molecule has 3 N–H and O–H groups in total. The Bertz CT molecular complexity index is 1070. The SMILES string of the molecule is CC1CN(C(=O)NCc2ccc(C#N)cc2)CCN1c1nc(N)nc2scnc12. The topological polar surface area (TPSA) is 124 Å². The van der Waals surface area contributed by atoms with Gasteiger partial charge >= 0.3 is 6.03 Å². The Morgan fingerprint density at radius 3 is 2.86 bits per heavy atom. The van der Waals surface area contributed by atoms with Gasteiger partial charge in [-0.15, -0.1) is 11.3 Å². The van der Waals surface area contributed by atoms with Gasteiger partial charge in [-0.25, -0.2) is 14.8 Å². The number of thiazole rings is 1. The van der Waals surface area contributed by atoms with Gasteiger partial charge in [-0.1, -0.05) is 12.1 Å². The van der Waals surface area contributed by atoms with E-state index in [9.17, 15) is 4.79 Å². The highest BCUT2D eigenvalue weighted by atomic mass is 32.1. The van der Waals surface area contributed by atoms with Crippen LogP contribution < -0.4 is 16.0 Å². The summed E-state index contributed by atoms with van der Waals surface area (Å²) in [4.78, 5) is 30.3. The number of carbonyl (C=O) groups excluding carboxylic acids is 1. The van der Waals surface area contributed by atoms with E-state index in [1.54, 1.807) is 22.5 Å². The molecule has 2 amide bonds. The van der Waals surface area contributed by atoms with Gasteiger partial charge in [-0.05, 0) is 24.6 Å². The van der Waals surface area contributed by atoms with E-state index in [-0.39, 0.29) is 18.0 Å². The molecule has 1 aromatic carbocycles. The minimum Gasteiger partial charge on any atom is -0.368 e. The Morgan fingerprint density at radius 2 is 2.14 bits per heavy atom. The summed E-state index contributed by atoms with van der Waals surface area (Å²) in [6.45, 7) is 4.24. The van der Waals surface area contributed by atoms with E-state index in [0.717, 1.165) is 21.7 Å². The Morgan fingerprint density at radius 1 is 1.34 bits per heavy atom. The van der Waals surface area contributed by atoms with Crippen LogP contribution in [0.15, 0.2) is 29.8 Å². The van der Waals surface area contributed by atoms with Crippen molar-refractivity contribution in [3.8, 4) is 6.07 Å². The number of benzene rings is 1. The van der Waals surface area contributed by atoms with Gasteiger partial charge in [0.05, 0.1) is 17.1 Å². The van der Waals surface area contributed by atoms with Crippen LogP contribution in [0.1, 0.15) is 18.1 Å². The van der Waals surface area contributed by atoms with Crippen LogP contribution in [0.3, 0.4) is 0 Å². The standard InChI is InChI=1S/C19H20N8OS/c1-12-10-26(19(28)22-9-14-4-2-13(8-20)3-5-14)6-7-27(12)16-15-17(29-11-23-15)25-18(21)24-16/h2-5,11-12H,6-7,9-10H2,1H3,(H,22,28)(H2,21,24,25). The van der Waals surface area contributed by atoms with E-state index >= 15 is 0 Å². The first-order chi connectivity index (χ1) is 14.0. The lowest BCUT2D eigenvalue weighted by molar-refractivity contribution is 0.186. The van der Waals surface area contributed by atoms with E-state index in [1.165, 1.54) is 11.3 Å². The first-order valence-electron chi connectivity index (χ1n) is 9.20. The molecule has 0 saturated carbocycles. The molecule has 1 aliphatic rings. The molecule has 1 unspecified atom stereocenters. The molecule has 3 aromatic rings. The molecule has 148 valence electrons. The summed E-state index contributed by atoms with van der Waals surface area (Å²) in [6.07, 6.45) is 0. The molecule has 1 atom stereocenters. The first-order valence-corrected chi connectivity index (χ1v) is 10.1. The number of anilines is 2. The lowest BCUT2D eigenvalue weighted by Gasteiger charge is -2.40. The van der Waals surface area contributed by atoms with Gasteiger partial charge in [0, 0.05) is 32.2 Å². The number of carbonyl (C=O) groups is 1. The third-order valence-corrected chi connectivity index (χ3v) is 5.63. The van der Waals surface area contributed by atoms with Crippen LogP contribution >= 0.6 is 11.3 Å². The molecule has 10 heteroatoms. The molecule has 1 aliphatic heterocycles. The van der Waals surface area contributed by atoms with Crippen LogP contribution in [0.2, 0.25) is 0 Å². The summed E-state index contributed by atoms with van der Waals surface area (Å²) >= 11 is 1.43. The summed E-state index contributed by atoms with van der Waals surface area (Å²) in [7, 11) is 0. The second kappa shape index (κ2) is 7.89. The number of amides is 2. The van der Waals surface area contributed by atoms with E-state index in [1.807, 2.05) is 12.1 Å². The number of urea groups is 1. The molecule has 0 spiro atoms. The number of nitrogen functional groups attached to an aromatic ring is 1. The van der Waals surface area contributed by atoms with Crippen molar-refractivity contribution in [2.75, 3.05) is 30.3 Å². The van der Waals surface area contributed by atoms with Crippen molar-refractivity contribution in [2.45, 2.75) is 19.5 Å². The molecule has 0 bridgehead atoms. The fourth-order valence-corrected chi connectivity index (χ4v) is 4.07. The highest BCUT2D eigenvalue weighted by Gasteiger charge is 2.29. The molecular formula is C19H20N8OS. The van der Waals surface area contributed by atoms with Crippen molar-refractivity contribution in [1.29, 1.82) is 5.26 Å². The number of nitrogens with one attached hydrogen (secondary N) is 1. The second-order valence-corrected chi connectivity index (χ2v) is 7.70. The van der Waals surface area contributed by atoms with Crippen molar-refractivity contribution >= 4 is 39.5 Å². The monoisotopic (exact) mass is 408 g/mol. The number of rotatable bonds is 3. The smallest absolute Gasteiger partial charge is 0.317 e. The molecular weight excluding hydrogens is 388 g/mol. The Balaban J connectivity index is 1.40. The van der Waals surface area contributed by atoms with E-state index in [2.05, 4.69) is 38.2 Å². The normalized spacial score (nSPS) is 16.6. The molecule has 9 nitrogen and oxygen atoms in total. The summed E-state index contributed by atoms with van der Waals surface area (Å²) in [5.74, 6) is 0.949. The number of nitriles is 1. The van der Waals surface area contributed by atoms with Gasteiger partial charge in [-0.3, -0.25) is 0 Å². The predicted molar refractivity (Wildman–Crippen MR) is 111 cm³/mol. The van der Waals surface area contributed by atoms with Crippen molar-refractivity contribution in [1.82, 2.24) is 25.2 Å². The van der Waals surface area contributed by atoms with Gasteiger partial charge in [0.25, 0.3) is 0 Å². The fourth-order valence-electron chi connectivity index (χ4n) is 3.41. The zero-order chi connectivity index (χ0) is 20.4. The largest absolute Gasteiger partial charge is 0.368 e. The Labute approximate surface area is 171 Å². The van der Waals surface area contributed by atoms with Crippen molar-refractivity contribution in [3.63, 3.8) is 0 Å². The number of fused-ring (bicyclic) bond motifs is 1. The summed E-state index contributed by atoms with van der Waals surface area (Å²) in [6, 6.07) is 9.22. The van der Waals surface area contributed by atoms with Crippen LogP contribution in [-0.2, 0) is 6.54 Å². The van der Waals surface area contributed by atoms with Gasteiger partial charge in [0.1, 0.15) is 5.52 Å². The van der Waals surface area contributed by atoms with Gasteiger partial charge < -0.3 is 20.9 Å². The average molecular weight is 408 g/mol. The molecule has 0 aliphatic carbocycles. The molecule has 29 heavy (non-hydrogen) atoms. The van der Waals surface area contributed by atoms with Gasteiger partial charge in [0.2, 0.25) is 5.95 Å². The van der Waals surface area contributed by atoms with Crippen molar-refractivity contribution in [3.05, 3.63) is 40.9 Å². The molecule has 3 heterocycles. The van der Waals surface area contributed by atoms with Crippen molar-refractivity contribution in [2.24, 2.45) is 0 Å². The minimum absolute atomic E-state index is 0.0589. The minimum atomic E-state index is -0.109. The van der Waals surface area contributed by atoms with Crippen LogP contribution in [0.5, 0.6) is 0 Å². The zero-order valence-electron chi connectivity index (χ0n) is 15.9. The number of aromatic nitrogens is 3. The fraction of sp³-hybridized carbons (Fsp3) is 0.316. The van der Waals surface area contributed by atoms with E-state index in [0.29, 0.717) is 31.7 Å². The number of hydrogen-bond acceptors (Lipinski definition) is 8. The number of nitrogens with zero attached hydrogens (tertiary/aromatic N) is 6. The van der Waals surface area contributed by atoms with Crippen LogP contribution in [-0.4, -0.2) is 51.6 Å². The Hall–Kier alpha value is -3.45. The molecule has 4 rings (SSSR count). The lowest BCUT2D eigenvalue weighted by Crippen LogP contribution is -2.56. The third kappa shape index (κ3) is 3.90. The molecule has 1 fully saturated rings. The zero-order valence-corrected chi connectivity index (χ0v) is 16.7. The third-order valence-electron chi connectivity index (χ3n) is 4.91. The van der Waals surface area contributed by atoms with E-state index < -0.39 is 0 Å². The molecule has 0 radical (unpaired) electrons. The maximum Gasteiger partial charge on any atom is 0.317 e. The van der Waals surface area contributed by atoms with E-state index in [4.69, 9.17) is 11.0 Å². The van der Waals surface area contributed by atoms with Gasteiger partial charge in [0.15, 0.2) is 10.6 Å². The first kappa shape index (κ1) is 18.9.